The number of hydrogen-bond donors (Lipinski definition) is 3. The largest absolute Gasteiger partial charge is 0.479 e. The number of benzene rings is 1. The van der Waals surface area contributed by atoms with Crippen molar-refractivity contribution >= 4 is 35.0 Å². The van der Waals surface area contributed by atoms with Gasteiger partial charge in [-0.05, 0) is 42.7 Å². The van der Waals surface area contributed by atoms with Crippen LogP contribution in [0.3, 0.4) is 0 Å². The molecule has 0 fully saturated rings. The van der Waals surface area contributed by atoms with E-state index in [-0.39, 0.29) is 36.1 Å². The number of nitrogens with one attached hydrogen (secondary N) is 2. The smallest absolute Gasteiger partial charge is 0.344 e. The van der Waals surface area contributed by atoms with Crippen molar-refractivity contribution in [1.29, 1.82) is 0 Å². The second-order valence-corrected chi connectivity index (χ2v) is 8.94. The number of hydrogen-bond acceptors (Lipinski definition) is 9. The van der Waals surface area contributed by atoms with Gasteiger partial charge < -0.3 is 30.0 Å². The van der Waals surface area contributed by atoms with E-state index in [1.165, 1.54) is 34.4 Å². The van der Waals surface area contributed by atoms with Crippen molar-refractivity contribution in [2.45, 2.75) is 32.7 Å². The third-order valence-corrected chi connectivity index (χ3v) is 6.33. The lowest BCUT2D eigenvalue weighted by molar-refractivity contribution is -0.146. The molecule has 11 heteroatoms. The third kappa shape index (κ3) is 7.79. The number of esters is 1. The van der Waals surface area contributed by atoms with Gasteiger partial charge in [0.15, 0.2) is 30.5 Å². The Morgan fingerprint density at radius 1 is 1.11 bits per heavy atom. The van der Waals surface area contributed by atoms with Crippen LogP contribution in [0.15, 0.2) is 24.3 Å². The van der Waals surface area contributed by atoms with Gasteiger partial charge in [0, 0.05) is 23.5 Å². The van der Waals surface area contributed by atoms with Crippen LogP contribution in [0.1, 0.15) is 50.2 Å². The number of ether oxygens (including phenoxy) is 3. The van der Waals surface area contributed by atoms with Gasteiger partial charge in [0.25, 0.3) is 5.91 Å². The van der Waals surface area contributed by atoms with E-state index in [0.29, 0.717) is 4.88 Å². The van der Waals surface area contributed by atoms with Gasteiger partial charge in [-0.25, -0.2) is 9.59 Å². The summed E-state index contributed by atoms with van der Waals surface area (Å²) in [5, 5.41) is 14.8. The van der Waals surface area contributed by atoms with Crippen LogP contribution in [0.25, 0.3) is 0 Å². The van der Waals surface area contributed by atoms with Gasteiger partial charge in [0.1, 0.15) is 0 Å². The summed E-state index contributed by atoms with van der Waals surface area (Å²) in [4.78, 5) is 49.7. The molecule has 0 saturated heterocycles. The fourth-order valence-electron chi connectivity index (χ4n) is 3.28. The fraction of sp³-hybridized carbons (Fsp3) is 0.417. The number of Topliss-reactive ketones (excluding diaryl/α,β-unsaturated/α-hetero) is 1. The predicted octanol–water partition coefficient (Wildman–Crippen LogP) is 2.19. The van der Waals surface area contributed by atoms with E-state index in [9.17, 15) is 19.2 Å². The van der Waals surface area contributed by atoms with E-state index in [2.05, 4.69) is 10.6 Å². The van der Waals surface area contributed by atoms with Crippen LogP contribution in [0.5, 0.6) is 11.5 Å². The molecule has 0 aliphatic carbocycles. The average Bonchev–Trinajstić information content (AvgIpc) is 3.29. The Bertz CT molecular complexity index is 1060. The van der Waals surface area contributed by atoms with Crippen LogP contribution in [0.4, 0.5) is 0 Å². The first-order valence-electron chi connectivity index (χ1n) is 11.3. The molecule has 1 aliphatic rings. The summed E-state index contributed by atoms with van der Waals surface area (Å²) in [6.45, 7) is 2.55. The summed E-state index contributed by atoms with van der Waals surface area (Å²) < 4.78 is 15.7. The Balaban J connectivity index is 1.61. The van der Waals surface area contributed by atoms with E-state index < -0.39 is 30.9 Å². The molecule has 10 nitrogen and oxygen atoms in total. The van der Waals surface area contributed by atoms with Crippen molar-refractivity contribution in [2.24, 2.45) is 0 Å². The van der Waals surface area contributed by atoms with Gasteiger partial charge in [-0.1, -0.05) is 13.3 Å². The second-order valence-electron chi connectivity index (χ2n) is 7.80. The normalized spacial score (nSPS) is 12.4. The molecule has 0 radical (unpaired) electrons. The Hall–Kier alpha value is -3.44. The summed E-state index contributed by atoms with van der Waals surface area (Å²) >= 11 is 1.43. The zero-order valence-corrected chi connectivity index (χ0v) is 20.2. The highest BCUT2D eigenvalue weighted by Crippen LogP contribution is 2.29. The lowest BCUT2D eigenvalue weighted by atomic mass is 10.1. The molecule has 1 aliphatic heterocycles. The van der Waals surface area contributed by atoms with Crippen molar-refractivity contribution in [2.75, 3.05) is 32.9 Å². The minimum Gasteiger partial charge on any atom is -0.479 e. The Labute approximate surface area is 206 Å². The van der Waals surface area contributed by atoms with Crippen molar-refractivity contribution in [3.8, 4) is 11.5 Å². The van der Waals surface area contributed by atoms with E-state index in [1.54, 1.807) is 0 Å². The Morgan fingerprint density at radius 3 is 2.66 bits per heavy atom. The van der Waals surface area contributed by atoms with Gasteiger partial charge in [-0.3, -0.25) is 9.59 Å². The monoisotopic (exact) mass is 504 g/mol. The van der Waals surface area contributed by atoms with Crippen molar-refractivity contribution in [3.63, 3.8) is 0 Å². The van der Waals surface area contributed by atoms with Gasteiger partial charge in [0.05, 0.1) is 18.0 Å². The van der Waals surface area contributed by atoms with Crippen LogP contribution in [0, 0.1) is 0 Å². The maximum Gasteiger partial charge on any atom is 0.344 e. The first kappa shape index (κ1) is 26.2. The number of ketones is 1. The number of rotatable bonds is 13. The van der Waals surface area contributed by atoms with Crippen molar-refractivity contribution in [3.05, 3.63) is 45.1 Å². The molecule has 3 rings (SSSR count). The molecular formula is C24H28N2O8S. The zero-order chi connectivity index (χ0) is 25.2. The molecule has 188 valence electrons. The van der Waals surface area contributed by atoms with Gasteiger partial charge in [0.2, 0.25) is 0 Å². The summed E-state index contributed by atoms with van der Waals surface area (Å²) in [6.07, 6.45) is 2.48. The molecule has 0 spiro atoms. The highest BCUT2D eigenvalue weighted by atomic mass is 32.1. The van der Waals surface area contributed by atoms with E-state index >= 15 is 0 Å². The van der Waals surface area contributed by atoms with Gasteiger partial charge in [-0.15, -0.1) is 11.3 Å². The number of carboxylic acid groups (broad SMARTS) is 1. The first-order valence-corrected chi connectivity index (χ1v) is 12.1. The van der Waals surface area contributed by atoms with Gasteiger partial charge in [-0.2, -0.15) is 0 Å². The second kappa shape index (κ2) is 12.9. The number of amides is 1. The van der Waals surface area contributed by atoms with E-state index in [1.807, 2.05) is 13.0 Å². The molecule has 1 aromatic heterocycles. The number of carbonyl (C=O) groups excluding carboxylic acids is 3. The van der Waals surface area contributed by atoms with Crippen LogP contribution in [-0.2, 0) is 27.3 Å². The van der Waals surface area contributed by atoms with Crippen LogP contribution in [0.2, 0.25) is 0 Å². The van der Waals surface area contributed by atoms with Crippen molar-refractivity contribution in [1.82, 2.24) is 10.6 Å². The maximum atomic E-state index is 12.7. The molecule has 0 unspecified atom stereocenters. The fourth-order valence-corrected chi connectivity index (χ4v) is 4.37. The highest BCUT2D eigenvalue weighted by Gasteiger charge is 2.19. The number of carbonyl (C=O) groups is 4. The SMILES string of the molecule is CCCCOC(=O)COc1ccc(C(=O)CNC(=O)c2cc3c(s2)CCNC3)cc1OCC(=O)O. The predicted molar refractivity (Wildman–Crippen MR) is 127 cm³/mol. The highest BCUT2D eigenvalue weighted by molar-refractivity contribution is 7.14. The number of thiophene rings is 1. The molecular weight excluding hydrogens is 476 g/mol. The van der Waals surface area contributed by atoms with Crippen molar-refractivity contribution < 1.29 is 38.5 Å². The number of unbranched alkanes of at least 4 members (excludes halogenated alkanes) is 1. The molecule has 1 aromatic carbocycles. The lowest BCUT2D eigenvalue weighted by Crippen LogP contribution is -2.29. The molecule has 35 heavy (non-hydrogen) atoms. The summed E-state index contributed by atoms with van der Waals surface area (Å²) in [5.41, 5.74) is 1.29. The van der Waals surface area contributed by atoms with Gasteiger partial charge >= 0.3 is 11.9 Å². The molecule has 1 amide bonds. The zero-order valence-electron chi connectivity index (χ0n) is 19.4. The molecule has 2 aromatic rings. The Kier molecular flexibility index (Phi) is 9.62. The molecule has 0 atom stereocenters. The number of fused-ring (bicyclic) bond motifs is 1. The van der Waals surface area contributed by atoms with E-state index in [0.717, 1.165) is 37.9 Å². The van der Waals surface area contributed by atoms with Crippen LogP contribution < -0.4 is 20.1 Å². The molecule has 2 heterocycles. The minimum atomic E-state index is -1.22. The lowest BCUT2D eigenvalue weighted by Gasteiger charge is -2.13. The van der Waals surface area contributed by atoms with E-state index in [4.69, 9.17) is 19.3 Å². The topological polar surface area (TPSA) is 140 Å². The Morgan fingerprint density at radius 2 is 1.91 bits per heavy atom. The molecule has 3 N–H and O–H groups in total. The number of aliphatic carboxylic acids is 1. The first-order chi connectivity index (χ1) is 16.9. The summed E-state index contributed by atoms with van der Waals surface area (Å²) in [5.74, 6) is -2.43. The van der Waals surface area contributed by atoms with Crippen LogP contribution in [-0.4, -0.2) is 61.6 Å². The standard InChI is InChI=1S/C24H28N2O8S/c1-2-3-8-32-23(30)14-34-18-5-4-15(9-19(18)33-13-22(28)29)17(27)12-26-24(31)21-10-16-11-25-7-6-20(16)35-21/h4-5,9-10,25H,2-3,6-8,11-14H2,1H3,(H,26,31)(H,28,29). The summed E-state index contributed by atoms with van der Waals surface area (Å²) in [7, 11) is 0. The van der Waals surface area contributed by atoms with Crippen LogP contribution >= 0.6 is 11.3 Å². The number of carboxylic acids is 1. The average molecular weight is 505 g/mol. The minimum absolute atomic E-state index is 0.00985. The summed E-state index contributed by atoms with van der Waals surface area (Å²) in [6, 6.07) is 6.02. The maximum absolute atomic E-state index is 12.7. The molecule has 0 bridgehead atoms. The molecule has 0 saturated carbocycles. The third-order valence-electron chi connectivity index (χ3n) is 5.10. The quantitative estimate of drug-likeness (QED) is 0.213.